The maximum Gasteiger partial charge on any atom is 0.253 e. The lowest BCUT2D eigenvalue weighted by atomic mass is 10.1. The predicted molar refractivity (Wildman–Crippen MR) is 85.3 cm³/mol. The van der Waals surface area contributed by atoms with Crippen molar-refractivity contribution in [3.05, 3.63) is 65.5 Å². The molecule has 110 valence electrons. The highest BCUT2D eigenvalue weighted by Crippen LogP contribution is 2.09. The Balaban J connectivity index is 1.92. The largest absolute Gasteiger partial charge is 0.341 e. The summed E-state index contributed by atoms with van der Waals surface area (Å²) in [4.78, 5) is 18.1. The number of hydrogen-bond donors (Lipinski definition) is 0. The molecule has 0 N–H and O–H groups in total. The first kappa shape index (κ1) is 15.2. The molecule has 0 saturated carbocycles. The fourth-order valence-electron chi connectivity index (χ4n) is 2.27. The highest BCUT2D eigenvalue weighted by Gasteiger charge is 2.11. The number of carbonyl (C=O) groups is 1. The van der Waals surface area contributed by atoms with Crippen LogP contribution >= 0.6 is 0 Å². The number of hydrogen-bond acceptors (Lipinski definition) is 2. The van der Waals surface area contributed by atoms with Gasteiger partial charge in [0, 0.05) is 31.5 Å². The van der Waals surface area contributed by atoms with Gasteiger partial charge in [-0.1, -0.05) is 25.5 Å². The van der Waals surface area contributed by atoms with Crippen molar-refractivity contribution in [3.8, 4) is 0 Å². The Kier molecular flexibility index (Phi) is 5.50. The Morgan fingerprint density at radius 3 is 2.24 bits per heavy atom. The molecular weight excluding hydrogens is 260 g/mol. The summed E-state index contributed by atoms with van der Waals surface area (Å²) in [6.07, 6.45) is 6.59. The van der Waals surface area contributed by atoms with Crippen LogP contribution in [0.15, 0.2) is 48.8 Å². The summed E-state index contributed by atoms with van der Waals surface area (Å²) < 4.78 is 0. The molecule has 1 amide bonds. The molecule has 0 aliphatic carbocycles. The van der Waals surface area contributed by atoms with Gasteiger partial charge in [0.1, 0.15) is 0 Å². The van der Waals surface area contributed by atoms with Crippen molar-refractivity contribution in [1.29, 1.82) is 0 Å². The molecule has 0 aliphatic rings. The first-order valence-corrected chi connectivity index (χ1v) is 7.44. The van der Waals surface area contributed by atoms with Gasteiger partial charge in [-0.15, -0.1) is 0 Å². The first-order chi connectivity index (χ1) is 10.2. The van der Waals surface area contributed by atoms with Crippen LogP contribution in [-0.2, 0) is 12.8 Å². The van der Waals surface area contributed by atoms with Crippen LogP contribution in [0.4, 0.5) is 0 Å². The molecule has 21 heavy (non-hydrogen) atoms. The summed E-state index contributed by atoms with van der Waals surface area (Å²) in [6, 6.07) is 11.9. The molecule has 0 unspecified atom stereocenters. The van der Waals surface area contributed by atoms with Crippen molar-refractivity contribution in [3.63, 3.8) is 0 Å². The molecule has 0 spiro atoms. The van der Waals surface area contributed by atoms with E-state index in [0.717, 1.165) is 24.8 Å². The quantitative estimate of drug-likeness (QED) is 0.814. The zero-order valence-electron chi connectivity index (χ0n) is 12.7. The van der Waals surface area contributed by atoms with Crippen molar-refractivity contribution in [2.75, 3.05) is 13.6 Å². The van der Waals surface area contributed by atoms with Crippen molar-refractivity contribution in [1.82, 2.24) is 9.88 Å². The number of amides is 1. The summed E-state index contributed by atoms with van der Waals surface area (Å²) >= 11 is 0. The Hall–Kier alpha value is -2.16. The molecule has 0 atom stereocenters. The van der Waals surface area contributed by atoms with Gasteiger partial charge in [0.15, 0.2) is 0 Å². The van der Waals surface area contributed by atoms with Crippen LogP contribution in [0.3, 0.4) is 0 Å². The lowest BCUT2D eigenvalue weighted by Gasteiger charge is -2.17. The molecule has 2 aromatic rings. The molecule has 0 bridgehead atoms. The fourth-order valence-corrected chi connectivity index (χ4v) is 2.27. The van der Waals surface area contributed by atoms with E-state index in [2.05, 4.69) is 11.9 Å². The summed E-state index contributed by atoms with van der Waals surface area (Å²) in [5.74, 6) is 0.0760. The zero-order chi connectivity index (χ0) is 15.1. The minimum absolute atomic E-state index is 0.0760. The van der Waals surface area contributed by atoms with Crippen LogP contribution in [0.5, 0.6) is 0 Å². The van der Waals surface area contributed by atoms with E-state index in [-0.39, 0.29) is 5.91 Å². The van der Waals surface area contributed by atoms with Crippen LogP contribution < -0.4 is 0 Å². The summed E-state index contributed by atoms with van der Waals surface area (Å²) in [7, 11) is 1.85. The van der Waals surface area contributed by atoms with Crippen molar-refractivity contribution in [2.24, 2.45) is 0 Å². The van der Waals surface area contributed by atoms with E-state index < -0.39 is 0 Å². The average Bonchev–Trinajstić information content (AvgIpc) is 2.54. The number of aromatic nitrogens is 1. The number of pyridine rings is 1. The maximum atomic E-state index is 12.3. The minimum atomic E-state index is 0.0760. The highest BCUT2D eigenvalue weighted by molar-refractivity contribution is 5.94. The Morgan fingerprint density at radius 1 is 1.00 bits per heavy atom. The van der Waals surface area contributed by atoms with Crippen LogP contribution in [0.25, 0.3) is 0 Å². The standard InChI is InChI=1S/C18H22N2O/c1-3-4-15-5-7-17(8-6-15)18(21)20(2)14-11-16-9-12-19-13-10-16/h5-10,12-13H,3-4,11,14H2,1-2H3. The second-order valence-corrected chi connectivity index (χ2v) is 5.28. The van der Waals surface area contributed by atoms with Gasteiger partial charge in [-0.05, 0) is 48.2 Å². The van der Waals surface area contributed by atoms with Gasteiger partial charge in [0.25, 0.3) is 5.91 Å². The van der Waals surface area contributed by atoms with Crippen LogP contribution in [0.1, 0.15) is 34.8 Å². The van der Waals surface area contributed by atoms with Gasteiger partial charge in [-0.3, -0.25) is 9.78 Å². The highest BCUT2D eigenvalue weighted by atomic mass is 16.2. The molecule has 1 aromatic carbocycles. The van der Waals surface area contributed by atoms with Crippen molar-refractivity contribution in [2.45, 2.75) is 26.2 Å². The van der Waals surface area contributed by atoms with E-state index >= 15 is 0 Å². The number of carbonyl (C=O) groups excluding carboxylic acids is 1. The van der Waals surface area contributed by atoms with E-state index in [9.17, 15) is 4.79 Å². The topological polar surface area (TPSA) is 33.2 Å². The first-order valence-electron chi connectivity index (χ1n) is 7.44. The third-order valence-electron chi connectivity index (χ3n) is 3.57. The monoisotopic (exact) mass is 282 g/mol. The average molecular weight is 282 g/mol. The smallest absolute Gasteiger partial charge is 0.253 e. The maximum absolute atomic E-state index is 12.3. The third-order valence-corrected chi connectivity index (χ3v) is 3.57. The van der Waals surface area contributed by atoms with Crippen molar-refractivity contribution >= 4 is 5.91 Å². The lowest BCUT2D eigenvalue weighted by Crippen LogP contribution is -2.28. The summed E-state index contributed by atoms with van der Waals surface area (Å²) in [5, 5.41) is 0. The van der Waals surface area contributed by atoms with Crippen molar-refractivity contribution < 1.29 is 4.79 Å². The molecule has 3 heteroatoms. The molecule has 1 aromatic heterocycles. The zero-order valence-corrected chi connectivity index (χ0v) is 12.7. The van der Waals surface area contributed by atoms with E-state index in [1.807, 2.05) is 43.4 Å². The van der Waals surface area contributed by atoms with Gasteiger partial charge in [0.2, 0.25) is 0 Å². The Bertz CT molecular complexity index is 564. The number of nitrogens with zero attached hydrogens (tertiary/aromatic N) is 2. The normalized spacial score (nSPS) is 10.4. The molecule has 2 rings (SSSR count). The van der Waals surface area contributed by atoms with E-state index in [0.29, 0.717) is 6.54 Å². The molecular formula is C18H22N2O. The van der Waals surface area contributed by atoms with E-state index in [1.54, 1.807) is 17.3 Å². The molecule has 1 heterocycles. The summed E-state index contributed by atoms with van der Waals surface area (Å²) in [5.41, 5.74) is 3.24. The molecule has 3 nitrogen and oxygen atoms in total. The second kappa shape index (κ2) is 7.58. The summed E-state index contributed by atoms with van der Waals surface area (Å²) in [6.45, 7) is 2.87. The number of rotatable bonds is 6. The molecule has 0 fully saturated rings. The van der Waals surface area contributed by atoms with Gasteiger partial charge in [-0.2, -0.15) is 0 Å². The molecule has 0 radical (unpaired) electrons. The van der Waals surface area contributed by atoms with Gasteiger partial charge >= 0.3 is 0 Å². The Labute approximate surface area is 126 Å². The number of likely N-dealkylation sites (N-methyl/N-ethyl adjacent to an activating group) is 1. The van der Waals surface area contributed by atoms with E-state index in [1.165, 1.54) is 11.1 Å². The van der Waals surface area contributed by atoms with Gasteiger partial charge < -0.3 is 4.90 Å². The van der Waals surface area contributed by atoms with Gasteiger partial charge in [-0.25, -0.2) is 0 Å². The third kappa shape index (κ3) is 4.42. The van der Waals surface area contributed by atoms with Gasteiger partial charge in [0.05, 0.1) is 0 Å². The Morgan fingerprint density at radius 2 is 1.62 bits per heavy atom. The van der Waals surface area contributed by atoms with E-state index in [4.69, 9.17) is 0 Å². The predicted octanol–water partition coefficient (Wildman–Crippen LogP) is 3.35. The minimum Gasteiger partial charge on any atom is -0.341 e. The lowest BCUT2D eigenvalue weighted by molar-refractivity contribution is 0.0796. The fraction of sp³-hybridized carbons (Fsp3) is 0.333. The second-order valence-electron chi connectivity index (χ2n) is 5.28. The van der Waals surface area contributed by atoms with Crippen LogP contribution in [0.2, 0.25) is 0 Å². The van der Waals surface area contributed by atoms with Crippen LogP contribution in [0, 0.1) is 0 Å². The number of aryl methyl sites for hydroxylation is 1. The van der Waals surface area contributed by atoms with Crippen LogP contribution in [-0.4, -0.2) is 29.4 Å². The number of benzene rings is 1. The molecule has 0 saturated heterocycles. The SMILES string of the molecule is CCCc1ccc(C(=O)N(C)CCc2ccncc2)cc1. The molecule has 0 aliphatic heterocycles.